The maximum absolute atomic E-state index is 11.4. The van der Waals surface area contributed by atoms with Crippen LogP contribution in [0.1, 0.15) is 36.7 Å². The van der Waals surface area contributed by atoms with Gasteiger partial charge in [0.2, 0.25) is 0 Å². The summed E-state index contributed by atoms with van der Waals surface area (Å²) in [4.78, 5) is 0.0901. The summed E-state index contributed by atoms with van der Waals surface area (Å²) >= 11 is 3.61. The quantitative estimate of drug-likeness (QED) is 0.803. The molecule has 0 spiro atoms. The topological polar surface area (TPSA) is 52.0 Å². The molecule has 0 aliphatic carbocycles. The molecule has 1 saturated heterocycles. The second kappa shape index (κ2) is 4.72. The molecule has 0 aromatic carbocycles. The summed E-state index contributed by atoms with van der Waals surface area (Å²) in [6.07, 6.45) is 4.56. The largest absolute Gasteiger partial charge is 0.270 e. The van der Waals surface area contributed by atoms with Gasteiger partial charge in [-0.2, -0.15) is 5.10 Å². The second-order valence-corrected chi connectivity index (χ2v) is 8.13. The van der Waals surface area contributed by atoms with Crippen LogP contribution in [0.15, 0.2) is 12.4 Å². The maximum atomic E-state index is 11.4. The lowest BCUT2D eigenvalue weighted by Gasteiger charge is -2.14. The Bertz CT molecular complexity index is 495. The number of hydrogen-bond donors (Lipinski definition) is 0. The van der Waals surface area contributed by atoms with Crippen LogP contribution in [0.25, 0.3) is 0 Å². The molecular formula is C11H17BrN2O2S. The maximum Gasteiger partial charge on any atom is 0.150 e. The van der Waals surface area contributed by atoms with E-state index in [9.17, 15) is 8.42 Å². The number of sulfone groups is 1. The van der Waals surface area contributed by atoms with Crippen molar-refractivity contribution in [2.45, 2.75) is 31.1 Å². The first-order valence-electron chi connectivity index (χ1n) is 5.77. The first-order valence-corrected chi connectivity index (χ1v) is 8.51. The smallest absolute Gasteiger partial charge is 0.150 e. The Morgan fingerprint density at radius 3 is 2.71 bits per heavy atom. The van der Waals surface area contributed by atoms with E-state index >= 15 is 0 Å². The van der Waals surface area contributed by atoms with Crippen LogP contribution in [0.5, 0.6) is 0 Å². The minimum atomic E-state index is -2.82. The van der Waals surface area contributed by atoms with Crippen molar-refractivity contribution in [2.75, 3.05) is 11.5 Å². The highest BCUT2D eigenvalue weighted by Gasteiger charge is 2.33. The van der Waals surface area contributed by atoms with Crippen molar-refractivity contribution in [1.82, 2.24) is 9.78 Å². The number of hydrogen-bond acceptors (Lipinski definition) is 3. The lowest BCUT2D eigenvalue weighted by Crippen LogP contribution is -2.09. The molecule has 2 atom stereocenters. The Labute approximate surface area is 110 Å². The van der Waals surface area contributed by atoms with E-state index in [1.807, 2.05) is 17.1 Å². The van der Waals surface area contributed by atoms with Gasteiger partial charge in [-0.1, -0.05) is 15.9 Å². The Kier molecular flexibility index (Phi) is 3.63. The van der Waals surface area contributed by atoms with Crippen molar-refractivity contribution >= 4 is 25.8 Å². The zero-order chi connectivity index (χ0) is 12.6. The third-order valence-electron chi connectivity index (χ3n) is 3.15. The molecule has 1 aliphatic rings. The number of rotatable bonds is 3. The second-order valence-electron chi connectivity index (χ2n) is 4.91. The van der Waals surface area contributed by atoms with Crippen molar-refractivity contribution in [3.63, 3.8) is 0 Å². The van der Waals surface area contributed by atoms with E-state index < -0.39 is 9.84 Å². The molecule has 4 nitrogen and oxygen atoms in total. The molecule has 17 heavy (non-hydrogen) atoms. The van der Waals surface area contributed by atoms with Crippen LogP contribution < -0.4 is 0 Å². The van der Waals surface area contributed by atoms with Gasteiger partial charge in [-0.15, -0.1) is 0 Å². The monoisotopic (exact) mass is 320 g/mol. The molecule has 1 aliphatic heterocycles. The van der Waals surface area contributed by atoms with Gasteiger partial charge in [-0.25, -0.2) is 8.42 Å². The molecule has 1 fully saturated rings. The van der Waals surface area contributed by atoms with E-state index in [0.29, 0.717) is 11.8 Å². The Hall–Kier alpha value is -0.360. The Balaban J connectivity index is 2.12. The SMILES string of the molecule is CC(C)n1cc(C(Br)C2CCS(=O)(=O)C2)cn1. The van der Waals surface area contributed by atoms with E-state index in [0.717, 1.165) is 12.0 Å². The molecule has 0 radical (unpaired) electrons. The summed E-state index contributed by atoms with van der Waals surface area (Å²) in [5.41, 5.74) is 1.07. The van der Waals surface area contributed by atoms with Gasteiger partial charge in [0.15, 0.2) is 9.84 Å². The van der Waals surface area contributed by atoms with Gasteiger partial charge in [-0.05, 0) is 26.2 Å². The minimum Gasteiger partial charge on any atom is -0.270 e. The third-order valence-corrected chi connectivity index (χ3v) is 6.22. The fourth-order valence-electron chi connectivity index (χ4n) is 2.10. The summed E-state index contributed by atoms with van der Waals surface area (Å²) in [6, 6.07) is 0.329. The molecule has 0 saturated carbocycles. The molecule has 2 rings (SSSR count). The summed E-state index contributed by atoms with van der Waals surface area (Å²) < 4.78 is 24.8. The molecule has 1 aromatic rings. The van der Waals surface area contributed by atoms with E-state index in [2.05, 4.69) is 34.9 Å². The van der Waals surface area contributed by atoms with Crippen LogP contribution in [0.3, 0.4) is 0 Å². The third kappa shape index (κ3) is 2.91. The molecule has 96 valence electrons. The van der Waals surface area contributed by atoms with Gasteiger partial charge in [0.25, 0.3) is 0 Å². The zero-order valence-electron chi connectivity index (χ0n) is 10.0. The van der Waals surface area contributed by atoms with Crippen LogP contribution in [-0.2, 0) is 9.84 Å². The van der Waals surface area contributed by atoms with Crippen LogP contribution >= 0.6 is 15.9 Å². The van der Waals surface area contributed by atoms with Crippen LogP contribution in [0, 0.1) is 5.92 Å². The van der Waals surface area contributed by atoms with Crippen molar-refractivity contribution in [3.05, 3.63) is 18.0 Å². The van der Waals surface area contributed by atoms with Gasteiger partial charge >= 0.3 is 0 Å². The molecule has 0 amide bonds. The predicted molar refractivity (Wildman–Crippen MR) is 71.0 cm³/mol. The lowest BCUT2D eigenvalue weighted by atomic mass is 10.0. The van der Waals surface area contributed by atoms with Crippen molar-refractivity contribution < 1.29 is 8.42 Å². The number of nitrogens with zero attached hydrogens (tertiary/aromatic N) is 2. The van der Waals surface area contributed by atoms with E-state index in [4.69, 9.17) is 0 Å². The van der Waals surface area contributed by atoms with Gasteiger partial charge in [0.1, 0.15) is 0 Å². The fraction of sp³-hybridized carbons (Fsp3) is 0.727. The number of alkyl halides is 1. The molecular weight excluding hydrogens is 304 g/mol. The predicted octanol–water partition coefficient (Wildman–Crippen LogP) is 2.33. The lowest BCUT2D eigenvalue weighted by molar-refractivity contribution is 0.530. The summed E-state index contributed by atoms with van der Waals surface area (Å²) in [7, 11) is -2.82. The van der Waals surface area contributed by atoms with Gasteiger partial charge in [-0.3, -0.25) is 4.68 Å². The van der Waals surface area contributed by atoms with E-state index in [1.54, 1.807) is 0 Å². The first kappa shape index (κ1) is 13.1. The average molecular weight is 321 g/mol. The summed E-state index contributed by atoms with van der Waals surface area (Å²) in [5.74, 6) is 0.776. The van der Waals surface area contributed by atoms with Crippen LogP contribution in [-0.4, -0.2) is 29.7 Å². The molecule has 2 heterocycles. The van der Waals surface area contributed by atoms with Gasteiger partial charge in [0.05, 0.1) is 17.7 Å². The molecule has 1 aromatic heterocycles. The van der Waals surface area contributed by atoms with Crippen LogP contribution in [0.4, 0.5) is 0 Å². The molecule has 2 unspecified atom stereocenters. The van der Waals surface area contributed by atoms with Crippen molar-refractivity contribution in [3.8, 4) is 0 Å². The Morgan fingerprint density at radius 2 is 2.24 bits per heavy atom. The van der Waals surface area contributed by atoms with Gasteiger partial charge < -0.3 is 0 Å². The Morgan fingerprint density at radius 1 is 1.53 bits per heavy atom. The highest BCUT2D eigenvalue weighted by molar-refractivity contribution is 9.09. The van der Waals surface area contributed by atoms with Crippen molar-refractivity contribution in [2.24, 2.45) is 5.92 Å². The van der Waals surface area contributed by atoms with Gasteiger partial charge in [0, 0.05) is 22.6 Å². The zero-order valence-corrected chi connectivity index (χ0v) is 12.4. The van der Waals surface area contributed by atoms with Crippen molar-refractivity contribution in [1.29, 1.82) is 0 Å². The standard InChI is InChI=1S/C11H17BrN2O2S/c1-8(2)14-6-10(5-13-14)11(12)9-3-4-17(15,16)7-9/h5-6,8-9,11H,3-4,7H2,1-2H3. The highest BCUT2D eigenvalue weighted by Crippen LogP contribution is 2.37. The average Bonchev–Trinajstić information content (AvgIpc) is 2.83. The number of halogens is 1. The first-order chi connectivity index (χ1) is 7.89. The van der Waals surface area contributed by atoms with E-state index in [-0.39, 0.29) is 16.5 Å². The summed E-state index contributed by atoms with van der Waals surface area (Å²) in [5, 5.41) is 4.28. The minimum absolute atomic E-state index is 0.0901. The normalized spacial score (nSPS) is 25.3. The number of aromatic nitrogens is 2. The highest BCUT2D eigenvalue weighted by atomic mass is 79.9. The van der Waals surface area contributed by atoms with Crippen LogP contribution in [0.2, 0.25) is 0 Å². The molecule has 0 N–H and O–H groups in total. The molecule has 6 heteroatoms. The summed E-state index contributed by atoms with van der Waals surface area (Å²) in [6.45, 7) is 4.14. The molecule has 0 bridgehead atoms. The fourth-order valence-corrected chi connectivity index (χ4v) is 4.88. The van der Waals surface area contributed by atoms with E-state index in [1.165, 1.54) is 0 Å².